The molecule has 0 saturated carbocycles. The molecule has 0 aliphatic carbocycles. The van der Waals surface area contributed by atoms with Crippen LogP contribution in [0.3, 0.4) is 0 Å². The zero-order valence-electron chi connectivity index (χ0n) is 16.0. The van der Waals surface area contributed by atoms with E-state index in [0.717, 1.165) is 11.3 Å². The predicted octanol–water partition coefficient (Wildman–Crippen LogP) is 2.57. The molecule has 1 amide bonds. The van der Waals surface area contributed by atoms with E-state index in [1.54, 1.807) is 30.9 Å². The van der Waals surface area contributed by atoms with Crippen molar-refractivity contribution in [3.8, 4) is 17.1 Å². The van der Waals surface area contributed by atoms with Gasteiger partial charge in [-0.15, -0.1) is 0 Å². The largest absolute Gasteiger partial charge is 0.497 e. The Labute approximate surface area is 171 Å². The summed E-state index contributed by atoms with van der Waals surface area (Å²) in [5.74, 6) is 1.89. The SMILES string of the molecule is COc1ccc(-c2cc(CNC(=O)CC3CSc4ncc(C)c(=O)n43)no2)cc1. The summed E-state index contributed by atoms with van der Waals surface area (Å²) in [5, 5.41) is 7.52. The maximum absolute atomic E-state index is 12.4. The van der Waals surface area contributed by atoms with Gasteiger partial charge in [0.25, 0.3) is 5.56 Å². The van der Waals surface area contributed by atoms with Crippen molar-refractivity contribution in [3.63, 3.8) is 0 Å². The van der Waals surface area contributed by atoms with E-state index in [-0.39, 0.29) is 30.5 Å². The summed E-state index contributed by atoms with van der Waals surface area (Å²) >= 11 is 1.49. The lowest BCUT2D eigenvalue weighted by molar-refractivity contribution is -0.121. The molecule has 8 nitrogen and oxygen atoms in total. The van der Waals surface area contributed by atoms with Gasteiger partial charge in [-0.1, -0.05) is 16.9 Å². The molecule has 0 spiro atoms. The third-order valence-corrected chi connectivity index (χ3v) is 5.83. The number of nitrogens with one attached hydrogen (secondary N) is 1. The Morgan fingerprint density at radius 2 is 2.17 bits per heavy atom. The van der Waals surface area contributed by atoms with Gasteiger partial charge >= 0.3 is 0 Å². The van der Waals surface area contributed by atoms with Crippen molar-refractivity contribution in [1.29, 1.82) is 0 Å². The summed E-state index contributed by atoms with van der Waals surface area (Å²) < 4.78 is 12.1. The molecule has 9 heteroatoms. The monoisotopic (exact) mass is 412 g/mol. The third-order valence-electron chi connectivity index (χ3n) is 4.72. The Kier molecular flexibility index (Phi) is 5.39. The highest BCUT2D eigenvalue weighted by Gasteiger charge is 2.27. The lowest BCUT2D eigenvalue weighted by Crippen LogP contribution is -2.31. The van der Waals surface area contributed by atoms with Crippen LogP contribution in [0.5, 0.6) is 5.75 Å². The van der Waals surface area contributed by atoms with E-state index in [9.17, 15) is 9.59 Å². The molecule has 0 bridgehead atoms. The van der Waals surface area contributed by atoms with Gasteiger partial charge in [0.2, 0.25) is 5.91 Å². The van der Waals surface area contributed by atoms with E-state index in [0.29, 0.717) is 27.9 Å². The number of fused-ring (bicyclic) bond motifs is 1. The fourth-order valence-electron chi connectivity index (χ4n) is 3.13. The van der Waals surface area contributed by atoms with Crippen LogP contribution in [0, 0.1) is 6.92 Å². The number of aryl methyl sites for hydroxylation is 1. The first kappa shape index (κ1) is 19.3. The molecular weight excluding hydrogens is 392 g/mol. The van der Waals surface area contributed by atoms with Crippen LogP contribution in [0.4, 0.5) is 0 Å². The van der Waals surface area contributed by atoms with Gasteiger partial charge < -0.3 is 14.6 Å². The topological polar surface area (TPSA) is 99.2 Å². The van der Waals surface area contributed by atoms with Gasteiger partial charge in [0, 0.05) is 35.6 Å². The van der Waals surface area contributed by atoms with Crippen molar-refractivity contribution in [3.05, 3.63) is 58.1 Å². The number of amides is 1. The first-order valence-corrected chi connectivity index (χ1v) is 10.1. The van der Waals surface area contributed by atoms with Crippen molar-refractivity contribution >= 4 is 17.7 Å². The second-order valence-electron chi connectivity index (χ2n) is 6.76. The highest BCUT2D eigenvalue weighted by molar-refractivity contribution is 7.99. The number of hydrogen-bond acceptors (Lipinski definition) is 7. The molecule has 150 valence electrons. The molecule has 4 rings (SSSR count). The molecule has 1 aromatic carbocycles. The number of benzene rings is 1. The molecule has 1 unspecified atom stereocenters. The first-order valence-electron chi connectivity index (χ1n) is 9.13. The van der Waals surface area contributed by atoms with Crippen LogP contribution in [0.2, 0.25) is 0 Å². The van der Waals surface area contributed by atoms with Crippen molar-refractivity contribution in [2.75, 3.05) is 12.9 Å². The highest BCUT2D eigenvalue weighted by atomic mass is 32.2. The van der Waals surface area contributed by atoms with Gasteiger partial charge in [-0.3, -0.25) is 14.2 Å². The van der Waals surface area contributed by atoms with Crippen LogP contribution in [-0.4, -0.2) is 33.5 Å². The van der Waals surface area contributed by atoms with Crippen LogP contribution < -0.4 is 15.6 Å². The Balaban J connectivity index is 1.36. The number of hydrogen-bond donors (Lipinski definition) is 1. The quantitative estimate of drug-likeness (QED) is 0.621. The van der Waals surface area contributed by atoms with Crippen LogP contribution >= 0.6 is 11.8 Å². The average Bonchev–Trinajstić information content (AvgIpc) is 3.37. The van der Waals surface area contributed by atoms with Crippen LogP contribution in [0.1, 0.15) is 23.7 Å². The second kappa shape index (κ2) is 8.12. The van der Waals surface area contributed by atoms with E-state index in [2.05, 4.69) is 15.5 Å². The number of methoxy groups -OCH3 is 1. The summed E-state index contributed by atoms with van der Waals surface area (Å²) in [4.78, 5) is 29.0. The molecule has 1 aliphatic heterocycles. The number of carbonyl (C=O) groups is 1. The second-order valence-corrected chi connectivity index (χ2v) is 7.74. The number of aromatic nitrogens is 3. The summed E-state index contributed by atoms with van der Waals surface area (Å²) in [6.07, 6.45) is 1.79. The highest BCUT2D eigenvalue weighted by Crippen LogP contribution is 2.31. The lowest BCUT2D eigenvalue weighted by Gasteiger charge is -2.13. The molecule has 1 aliphatic rings. The number of nitrogens with zero attached hydrogens (tertiary/aromatic N) is 3. The predicted molar refractivity (Wildman–Crippen MR) is 108 cm³/mol. The molecule has 1 atom stereocenters. The number of ether oxygens (including phenoxy) is 1. The standard InChI is InChI=1S/C20H20N4O4S/c1-12-9-22-20-24(19(12)26)15(11-29-20)8-18(25)21-10-14-7-17(28-23-14)13-3-5-16(27-2)6-4-13/h3-7,9,15H,8,10-11H2,1-2H3,(H,21,25). The van der Waals surface area contributed by atoms with E-state index >= 15 is 0 Å². The fourth-order valence-corrected chi connectivity index (χ4v) is 4.24. The van der Waals surface area contributed by atoms with Gasteiger partial charge in [-0.25, -0.2) is 4.98 Å². The van der Waals surface area contributed by atoms with Gasteiger partial charge in [0.1, 0.15) is 11.4 Å². The van der Waals surface area contributed by atoms with Gasteiger partial charge in [-0.05, 0) is 31.2 Å². The Morgan fingerprint density at radius 3 is 2.93 bits per heavy atom. The zero-order valence-corrected chi connectivity index (χ0v) is 16.9. The number of rotatable bonds is 6. The Morgan fingerprint density at radius 1 is 1.38 bits per heavy atom. The molecule has 29 heavy (non-hydrogen) atoms. The van der Waals surface area contributed by atoms with E-state index < -0.39 is 0 Å². The van der Waals surface area contributed by atoms with E-state index in [1.165, 1.54) is 11.8 Å². The maximum atomic E-state index is 12.4. The van der Waals surface area contributed by atoms with Crippen molar-refractivity contribution in [1.82, 2.24) is 20.0 Å². The molecular formula is C20H20N4O4S. The van der Waals surface area contributed by atoms with E-state index in [4.69, 9.17) is 9.26 Å². The maximum Gasteiger partial charge on any atom is 0.257 e. The molecule has 0 fully saturated rings. The fraction of sp³-hybridized carbons (Fsp3) is 0.300. The summed E-state index contributed by atoms with van der Waals surface area (Å²) in [6.45, 7) is 1.99. The molecule has 0 radical (unpaired) electrons. The van der Waals surface area contributed by atoms with Crippen LogP contribution in [0.25, 0.3) is 11.3 Å². The molecule has 0 saturated heterocycles. The molecule has 2 aromatic heterocycles. The third kappa shape index (κ3) is 4.04. The smallest absolute Gasteiger partial charge is 0.257 e. The molecule has 3 aromatic rings. The van der Waals surface area contributed by atoms with E-state index in [1.807, 2.05) is 24.3 Å². The molecule has 3 heterocycles. The minimum atomic E-state index is -0.193. The zero-order chi connectivity index (χ0) is 20.4. The van der Waals surface area contributed by atoms with Crippen molar-refractivity contribution in [2.24, 2.45) is 0 Å². The van der Waals surface area contributed by atoms with Gasteiger partial charge in [-0.2, -0.15) is 0 Å². The molecule has 1 N–H and O–H groups in total. The summed E-state index contributed by atoms with van der Waals surface area (Å²) in [5.41, 5.74) is 1.99. The van der Waals surface area contributed by atoms with Crippen molar-refractivity contribution in [2.45, 2.75) is 31.1 Å². The minimum Gasteiger partial charge on any atom is -0.497 e. The first-order chi connectivity index (χ1) is 14.0. The summed E-state index contributed by atoms with van der Waals surface area (Å²) in [7, 11) is 1.61. The number of thioether (sulfide) groups is 1. The normalized spacial score (nSPS) is 15.2. The summed E-state index contributed by atoms with van der Waals surface area (Å²) in [6, 6.07) is 9.04. The Hall–Kier alpha value is -3.07. The Bertz CT molecular complexity index is 1090. The lowest BCUT2D eigenvalue weighted by atomic mass is 10.1. The van der Waals surface area contributed by atoms with Crippen LogP contribution in [-0.2, 0) is 11.3 Å². The average molecular weight is 412 g/mol. The van der Waals surface area contributed by atoms with Crippen LogP contribution in [0.15, 0.2) is 51.0 Å². The van der Waals surface area contributed by atoms with Crippen molar-refractivity contribution < 1.29 is 14.1 Å². The number of carbonyl (C=O) groups excluding carboxylic acids is 1. The van der Waals surface area contributed by atoms with Gasteiger partial charge in [0.15, 0.2) is 10.9 Å². The van der Waals surface area contributed by atoms with Gasteiger partial charge in [0.05, 0.1) is 19.7 Å². The minimum absolute atomic E-state index is 0.0848.